The van der Waals surface area contributed by atoms with Crippen LogP contribution in [0.5, 0.6) is 5.75 Å². The van der Waals surface area contributed by atoms with Gasteiger partial charge in [-0.05, 0) is 50.0 Å². The van der Waals surface area contributed by atoms with Crippen LogP contribution in [-0.2, 0) is 0 Å². The van der Waals surface area contributed by atoms with E-state index in [0.717, 1.165) is 37.9 Å². The largest absolute Gasteiger partial charge is 0.497 e. The van der Waals surface area contributed by atoms with E-state index in [2.05, 4.69) is 44.4 Å². The molecule has 0 amide bonds. The quantitative estimate of drug-likeness (QED) is 0.649. The second-order valence-electron chi connectivity index (χ2n) is 7.43. The van der Waals surface area contributed by atoms with Crippen LogP contribution in [0.25, 0.3) is 0 Å². The maximum absolute atomic E-state index is 5.27. The molecule has 0 bridgehead atoms. The van der Waals surface area contributed by atoms with Crippen LogP contribution >= 0.6 is 0 Å². The van der Waals surface area contributed by atoms with Crippen molar-refractivity contribution in [3.05, 3.63) is 29.8 Å². The van der Waals surface area contributed by atoms with Crippen molar-refractivity contribution < 1.29 is 4.74 Å². The summed E-state index contributed by atoms with van der Waals surface area (Å²) in [5, 5.41) is 3.58. The molecule has 2 aliphatic heterocycles. The average molecular weight is 359 g/mol. The molecule has 0 radical (unpaired) electrons. The van der Waals surface area contributed by atoms with Gasteiger partial charge in [-0.15, -0.1) is 0 Å². The third kappa shape index (κ3) is 5.13. The van der Waals surface area contributed by atoms with Gasteiger partial charge < -0.3 is 19.9 Å². The normalized spacial score (nSPS) is 22.3. The molecule has 2 heterocycles. The number of aliphatic imine (C=N–C) groups is 1. The van der Waals surface area contributed by atoms with E-state index in [9.17, 15) is 0 Å². The Bertz CT molecular complexity index is 564. The minimum Gasteiger partial charge on any atom is -0.497 e. The van der Waals surface area contributed by atoms with E-state index in [1.165, 1.54) is 50.8 Å². The van der Waals surface area contributed by atoms with Gasteiger partial charge >= 0.3 is 0 Å². The molecular formula is C21H34N4O. The number of hydrogen-bond acceptors (Lipinski definition) is 3. The van der Waals surface area contributed by atoms with Crippen LogP contribution in [-0.4, -0.2) is 69.2 Å². The maximum Gasteiger partial charge on any atom is 0.193 e. The summed E-state index contributed by atoms with van der Waals surface area (Å²) in [5.41, 5.74) is 1.40. The molecule has 2 saturated heterocycles. The molecular weight excluding hydrogens is 324 g/mol. The second kappa shape index (κ2) is 9.81. The number of nitrogens with one attached hydrogen (secondary N) is 1. The second-order valence-corrected chi connectivity index (χ2v) is 7.43. The van der Waals surface area contributed by atoms with Crippen molar-refractivity contribution in [1.82, 2.24) is 15.1 Å². The molecule has 5 nitrogen and oxygen atoms in total. The predicted molar refractivity (Wildman–Crippen MR) is 108 cm³/mol. The van der Waals surface area contributed by atoms with Crippen molar-refractivity contribution in [2.24, 2.45) is 4.99 Å². The predicted octanol–water partition coefficient (Wildman–Crippen LogP) is 2.94. The van der Waals surface area contributed by atoms with Gasteiger partial charge in [0, 0.05) is 39.1 Å². The fraction of sp³-hybridized carbons (Fsp3) is 0.667. The van der Waals surface area contributed by atoms with E-state index < -0.39 is 0 Å². The lowest BCUT2D eigenvalue weighted by atomic mass is 9.98. The smallest absolute Gasteiger partial charge is 0.193 e. The van der Waals surface area contributed by atoms with E-state index in [0.29, 0.717) is 5.92 Å². The SMILES string of the molecule is CN=C(NCCN1CCCCCC1)N1CCC(c2ccc(OC)cc2)C1. The first-order valence-electron chi connectivity index (χ1n) is 10.1. The van der Waals surface area contributed by atoms with Gasteiger partial charge in [-0.1, -0.05) is 25.0 Å². The topological polar surface area (TPSA) is 40.1 Å². The lowest BCUT2D eigenvalue weighted by Crippen LogP contribution is -2.43. The summed E-state index contributed by atoms with van der Waals surface area (Å²) >= 11 is 0. The zero-order chi connectivity index (χ0) is 18.2. The molecule has 144 valence electrons. The number of hydrogen-bond donors (Lipinski definition) is 1. The van der Waals surface area contributed by atoms with Crippen LogP contribution in [0.4, 0.5) is 0 Å². The summed E-state index contributed by atoms with van der Waals surface area (Å²) < 4.78 is 5.27. The molecule has 1 atom stereocenters. The summed E-state index contributed by atoms with van der Waals surface area (Å²) in [6.07, 6.45) is 6.67. The van der Waals surface area contributed by atoms with Crippen molar-refractivity contribution in [2.45, 2.75) is 38.0 Å². The van der Waals surface area contributed by atoms with Gasteiger partial charge in [0.15, 0.2) is 5.96 Å². The molecule has 1 aromatic rings. The Kier molecular flexibility index (Phi) is 7.18. The number of likely N-dealkylation sites (tertiary alicyclic amines) is 2. The van der Waals surface area contributed by atoms with Crippen molar-refractivity contribution >= 4 is 5.96 Å². The Morgan fingerprint density at radius 1 is 1.12 bits per heavy atom. The number of benzene rings is 1. The highest BCUT2D eigenvalue weighted by Crippen LogP contribution is 2.28. The summed E-state index contributed by atoms with van der Waals surface area (Å²) in [6.45, 7) is 6.72. The summed E-state index contributed by atoms with van der Waals surface area (Å²) in [4.78, 5) is 9.51. The van der Waals surface area contributed by atoms with Crippen LogP contribution in [0.3, 0.4) is 0 Å². The molecule has 0 saturated carbocycles. The van der Waals surface area contributed by atoms with E-state index in [-0.39, 0.29) is 0 Å². The molecule has 1 unspecified atom stereocenters. The van der Waals surface area contributed by atoms with Crippen molar-refractivity contribution in [1.29, 1.82) is 0 Å². The monoisotopic (exact) mass is 358 g/mol. The molecule has 1 aromatic carbocycles. The Morgan fingerprint density at radius 3 is 2.50 bits per heavy atom. The fourth-order valence-electron chi connectivity index (χ4n) is 4.12. The van der Waals surface area contributed by atoms with E-state index in [1.54, 1.807) is 7.11 Å². The van der Waals surface area contributed by atoms with Gasteiger partial charge in [0.2, 0.25) is 0 Å². The van der Waals surface area contributed by atoms with Crippen LogP contribution in [0.2, 0.25) is 0 Å². The average Bonchev–Trinajstić information content (AvgIpc) is 3.02. The minimum atomic E-state index is 0.574. The van der Waals surface area contributed by atoms with Crippen molar-refractivity contribution in [3.8, 4) is 5.75 Å². The summed E-state index contributed by atoms with van der Waals surface area (Å²) in [5.74, 6) is 2.55. The molecule has 0 aliphatic carbocycles. The molecule has 1 N–H and O–H groups in total. The zero-order valence-electron chi connectivity index (χ0n) is 16.4. The first kappa shape index (κ1) is 19.0. The van der Waals surface area contributed by atoms with Crippen molar-refractivity contribution in [3.63, 3.8) is 0 Å². The Hall–Kier alpha value is -1.75. The molecule has 2 aliphatic rings. The number of methoxy groups -OCH3 is 1. The molecule has 0 spiro atoms. The maximum atomic E-state index is 5.27. The van der Waals surface area contributed by atoms with Gasteiger partial charge in [0.25, 0.3) is 0 Å². The van der Waals surface area contributed by atoms with Gasteiger partial charge in [-0.3, -0.25) is 4.99 Å². The van der Waals surface area contributed by atoms with Gasteiger partial charge in [0.1, 0.15) is 5.75 Å². The lowest BCUT2D eigenvalue weighted by molar-refractivity contribution is 0.288. The van der Waals surface area contributed by atoms with E-state index in [4.69, 9.17) is 4.74 Å². The Labute approximate surface area is 158 Å². The minimum absolute atomic E-state index is 0.574. The third-order valence-corrected chi connectivity index (χ3v) is 5.70. The molecule has 0 aromatic heterocycles. The molecule has 5 heteroatoms. The number of ether oxygens (including phenoxy) is 1. The van der Waals surface area contributed by atoms with E-state index >= 15 is 0 Å². The van der Waals surface area contributed by atoms with Gasteiger partial charge in [0.05, 0.1) is 7.11 Å². The first-order valence-corrected chi connectivity index (χ1v) is 10.1. The zero-order valence-corrected chi connectivity index (χ0v) is 16.4. The molecule has 26 heavy (non-hydrogen) atoms. The fourth-order valence-corrected chi connectivity index (χ4v) is 4.12. The summed E-state index contributed by atoms with van der Waals surface area (Å²) in [7, 11) is 3.61. The highest BCUT2D eigenvalue weighted by molar-refractivity contribution is 5.80. The molecule has 2 fully saturated rings. The molecule has 3 rings (SSSR count). The van der Waals surface area contributed by atoms with Gasteiger partial charge in [-0.2, -0.15) is 0 Å². The van der Waals surface area contributed by atoms with Crippen molar-refractivity contribution in [2.75, 3.05) is 53.4 Å². The van der Waals surface area contributed by atoms with Crippen LogP contribution in [0, 0.1) is 0 Å². The summed E-state index contributed by atoms with van der Waals surface area (Å²) in [6, 6.07) is 8.52. The Morgan fingerprint density at radius 2 is 1.85 bits per heavy atom. The standard InChI is InChI=1S/C21H34N4O/c1-22-21(23-12-16-24-13-5-3-4-6-14-24)25-15-11-19(17-25)18-7-9-20(26-2)10-8-18/h7-10,19H,3-6,11-17H2,1-2H3,(H,22,23). The van der Waals surface area contributed by atoms with E-state index in [1.807, 2.05) is 7.05 Å². The lowest BCUT2D eigenvalue weighted by Gasteiger charge is -2.24. The number of guanidine groups is 1. The highest BCUT2D eigenvalue weighted by Gasteiger charge is 2.26. The van der Waals surface area contributed by atoms with Crippen LogP contribution in [0.1, 0.15) is 43.6 Å². The highest BCUT2D eigenvalue weighted by atomic mass is 16.5. The number of nitrogens with zero attached hydrogens (tertiary/aromatic N) is 3. The van der Waals surface area contributed by atoms with Crippen LogP contribution in [0.15, 0.2) is 29.3 Å². The number of rotatable bonds is 5. The van der Waals surface area contributed by atoms with Gasteiger partial charge in [-0.25, -0.2) is 0 Å². The Balaban J connectivity index is 1.46. The first-order chi connectivity index (χ1) is 12.8. The van der Waals surface area contributed by atoms with Crippen LogP contribution < -0.4 is 10.1 Å². The third-order valence-electron chi connectivity index (χ3n) is 5.70.